The molecule has 0 amide bonds. The van der Waals surface area contributed by atoms with Gasteiger partial charge < -0.3 is 15.5 Å². The van der Waals surface area contributed by atoms with E-state index >= 15 is 0 Å². The number of anilines is 1. The molecule has 3 N–H and O–H groups in total. The Morgan fingerprint density at radius 2 is 2.21 bits per heavy atom. The number of fused-ring (bicyclic) bond motifs is 1. The molecule has 7 heteroatoms. The van der Waals surface area contributed by atoms with Crippen molar-refractivity contribution in [2.24, 2.45) is 0 Å². The SMILES string of the molecule is CC(O)(CNc1ncnc2c(F)cccc12)C(=O)O. The Balaban J connectivity index is 2.32. The van der Waals surface area contributed by atoms with Gasteiger partial charge in [0.15, 0.2) is 5.60 Å². The molecule has 0 saturated carbocycles. The summed E-state index contributed by atoms with van der Waals surface area (Å²) in [5.41, 5.74) is -1.81. The second kappa shape index (κ2) is 4.77. The largest absolute Gasteiger partial charge is 0.479 e. The van der Waals surface area contributed by atoms with E-state index in [1.807, 2.05) is 0 Å². The van der Waals surface area contributed by atoms with Crippen molar-refractivity contribution < 1.29 is 19.4 Å². The smallest absolute Gasteiger partial charge is 0.337 e. The van der Waals surface area contributed by atoms with Crippen molar-refractivity contribution in [2.45, 2.75) is 12.5 Å². The zero-order valence-corrected chi connectivity index (χ0v) is 10.1. The molecule has 0 aliphatic carbocycles. The van der Waals surface area contributed by atoms with Crippen LogP contribution in [-0.2, 0) is 4.79 Å². The maximum Gasteiger partial charge on any atom is 0.337 e. The minimum Gasteiger partial charge on any atom is -0.479 e. The van der Waals surface area contributed by atoms with Crippen LogP contribution in [0.1, 0.15) is 6.92 Å². The number of hydrogen-bond donors (Lipinski definition) is 3. The molecule has 2 aromatic rings. The first-order valence-electron chi connectivity index (χ1n) is 5.51. The Morgan fingerprint density at radius 1 is 1.47 bits per heavy atom. The average molecular weight is 265 g/mol. The highest BCUT2D eigenvalue weighted by molar-refractivity contribution is 5.89. The molecule has 19 heavy (non-hydrogen) atoms. The maximum absolute atomic E-state index is 13.5. The van der Waals surface area contributed by atoms with Crippen molar-refractivity contribution >= 4 is 22.7 Å². The Morgan fingerprint density at radius 3 is 2.89 bits per heavy atom. The molecule has 0 bridgehead atoms. The topological polar surface area (TPSA) is 95.3 Å². The van der Waals surface area contributed by atoms with Crippen molar-refractivity contribution in [3.63, 3.8) is 0 Å². The Kier molecular flexibility index (Phi) is 3.30. The van der Waals surface area contributed by atoms with Gasteiger partial charge in [-0.3, -0.25) is 0 Å². The summed E-state index contributed by atoms with van der Waals surface area (Å²) < 4.78 is 13.5. The number of rotatable bonds is 4. The van der Waals surface area contributed by atoms with E-state index in [1.165, 1.54) is 18.5 Å². The van der Waals surface area contributed by atoms with Gasteiger partial charge in [-0.1, -0.05) is 6.07 Å². The van der Waals surface area contributed by atoms with Crippen LogP contribution in [0.4, 0.5) is 10.2 Å². The lowest BCUT2D eigenvalue weighted by Crippen LogP contribution is -2.42. The lowest BCUT2D eigenvalue weighted by atomic mass is 10.1. The van der Waals surface area contributed by atoms with E-state index < -0.39 is 17.4 Å². The molecule has 2 rings (SSSR count). The van der Waals surface area contributed by atoms with E-state index in [4.69, 9.17) is 5.11 Å². The molecule has 1 aromatic carbocycles. The highest BCUT2D eigenvalue weighted by atomic mass is 19.1. The third-order valence-electron chi connectivity index (χ3n) is 2.68. The van der Waals surface area contributed by atoms with Crippen LogP contribution in [0.2, 0.25) is 0 Å². The molecule has 0 spiro atoms. The van der Waals surface area contributed by atoms with Crippen LogP contribution in [0.3, 0.4) is 0 Å². The van der Waals surface area contributed by atoms with Gasteiger partial charge in [0.25, 0.3) is 0 Å². The molecular weight excluding hydrogens is 253 g/mol. The number of carboxylic acid groups (broad SMARTS) is 1. The second-order valence-corrected chi connectivity index (χ2v) is 4.29. The molecule has 0 aliphatic rings. The third kappa shape index (κ3) is 2.60. The molecule has 1 atom stereocenters. The van der Waals surface area contributed by atoms with E-state index in [0.29, 0.717) is 5.39 Å². The van der Waals surface area contributed by atoms with Crippen molar-refractivity contribution in [2.75, 3.05) is 11.9 Å². The number of para-hydroxylation sites is 1. The average Bonchev–Trinajstić information content (AvgIpc) is 2.37. The molecule has 0 fully saturated rings. The van der Waals surface area contributed by atoms with E-state index in [-0.39, 0.29) is 17.9 Å². The Labute approximate surface area is 107 Å². The van der Waals surface area contributed by atoms with Crippen molar-refractivity contribution in [3.05, 3.63) is 30.3 Å². The minimum absolute atomic E-state index is 0.134. The highest BCUT2D eigenvalue weighted by Gasteiger charge is 2.29. The molecule has 100 valence electrons. The molecule has 0 radical (unpaired) electrons. The van der Waals surface area contributed by atoms with Gasteiger partial charge >= 0.3 is 5.97 Å². The summed E-state index contributed by atoms with van der Waals surface area (Å²) in [6.45, 7) is 0.900. The van der Waals surface area contributed by atoms with Gasteiger partial charge in [0.2, 0.25) is 0 Å². The van der Waals surface area contributed by atoms with Crippen LogP contribution in [0.15, 0.2) is 24.5 Å². The highest BCUT2D eigenvalue weighted by Crippen LogP contribution is 2.21. The van der Waals surface area contributed by atoms with Crippen LogP contribution >= 0.6 is 0 Å². The maximum atomic E-state index is 13.5. The number of aromatic nitrogens is 2. The van der Waals surface area contributed by atoms with Crippen molar-refractivity contribution in [1.29, 1.82) is 0 Å². The first-order chi connectivity index (χ1) is 8.92. The predicted molar refractivity (Wildman–Crippen MR) is 66.2 cm³/mol. The molecule has 1 unspecified atom stereocenters. The van der Waals surface area contributed by atoms with E-state index in [2.05, 4.69) is 15.3 Å². The van der Waals surface area contributed by atoms with Gasteiger partial charge in [0, 0.05) is 5.39 Å². The van der Waals surface area contributed by atoms with Gasteiger partial charge in [-0.15, -0.1) is 0 Å². The fraction of sp³-hybridized carbons (Fsp3) is 0.250. The Hall–Kier alpha value is -2.28. The van der Waals surface area contributed by atoms with Crippen LogP contribution in [-0.4, -0.2) is 38.3 Å². The quantitative estimate of drug-likeness (QED) is 0.763. The van der Waals surface area contributed by atoms with E-state index in [0.717, 1.165) is 6.92 Å². The van der Waals surface area contributed by atoms with Crippen molar-refractivity contribution in [1.82, 2.24) is 9.97 Å². The number of aliphatic hydroxyl groups is 1. The monoisotopic (exact) mass is 265 g/mol. The van der Waals surface area contributed by atoms with Crippen LogP contribution in [0, 0.1) is 5.82 Å². The Bertz CT molecular complexity index is 631. The number of carbonyl (C=O) groups is 1. The number of carboxylic acids is 1. The normalized spacial score (nSPS) is 14.1. The summed E-state index contributed by atoms with van der Waals surface area (Å²) in [5, 5.41) is 21.5. The molecule has 6 nitrogen and oxygen atoms in total. The molecule has 0 saturated heterocycles. The van der Waals surface area contributed by atoms with E-state index in [1.54, 1.807) is 6.07 Å². The van der Waals surface area contributed by atoms with Crippen molar-refractivity contribution in [3.8, 4) is 0 Å². The second-order valence-electron chi connectivity index (χ2n) is 4.29. The van der Waals surface area contributed by atoms with Gasteiger partial charge in [-0.2, -0.15) is 0 Å². The summed E-state index contributed by atoms with van der Waals surface area (Å²) in [6, 6.07) is 4.38. The van der Waals surface area contributed by atoms with Crippen LogP contribution in [0.5, 0.6) is 0 Å². The summed E-state index contributed by atoms with van der Waals surface area (Å²) >= 11 is 0. The lowest BCUT2D eigenvalue weighted by molar-refractivity contribution is -0.155. The fourth-order valence-corrected chi connectivity index (χ4v) is 1.52. The summed E-state index contributed by atoms with van der Waals surface area (Å²) in [6.07, 6.45) is 1.17. The van der Waals surface area contributed by atoms with E-state index in [9.17, 15) is 14.3 Å². The van der Waals surface area contributed by atoms with Crippen LogP contribution in [0.25, 0.3) is 10.9 Å². The van der Waals surface area contributed by atoms with Crippen LogP contribution < -0.4 is 5.32 Å². The molecular formula is C12H12FN3O3. The van der Waals surface area contributed by atoms with Gasteiger partial charge in [0.05, 0.1) is 6.54 Å². The summed E-state index contributed by atoms with van der Waals surface area (Å²) in [5.74, 6) is -1.58. The summed E-state index contributed by atoms with van der Waals surface area (Å²) in [4.78, 5) is 18.5. The molecule has 1 heterocycles. The third-order valence-corrected chi connectivity index (χ3v) is 2.68. The summed E-state index contributed by atoms with van der Waals surface area (Å²) in [7, 11) is 0. The zero-order chi connectivity index (χ0) is 14.0. The number of benzene rings is 1. The molecule has 0 aliphatic heterocycles. The number of hydrogen-bond acceptors (Lipinski definition) is 5. The number of aliphatic carboxylic acids is 1. The van der Waals surface area contributed by atoms with Gasteiger partial charge in [0.1, 0.15) is 23.5 Å². The van der Waals surface area contributed by atoms with Gasteiger partial charge in [-0.25, -0.2) is 19.2 Å². The zero-order valence-electron chi connectivity index (χ0n) is 10.1. The first kappa shape index (κ1) is 13.2. The number of halogens is 1. The van der Waals surface area contributed by atoms with Gasteiger partial charge in [-0.05, 0) is 19.1 Å². The standard InChI is InChI=1S/C12H12FN3O3/c1-12(19,11(17)18)5-14-10-7-3-2-4-8(13)9(7)15-6-16-10/h2-4,6,19H,5H2,1H3,(H,17,18)(H,14,15,16). The number of nitrogens with one attached hydrogen (secondary N) is 1. The molecule has 1 aromatic heterocycles. The first-order valence-corrected chi connectivity index (χ1v) is 5.51. The lowest BCUT2D eigenvalue weighted by Gasteiger charge is -2.19. The predicted octanol–water partition coefficient (Wildman–Crippen LogP) is 1.02. The fourth-order valence-electron chi connectivity index (χ4n) is 1.52. The minimum atomic E-state index is -1.94. The number of nitrogens with zero attached hydrogens (tertiary/aromatic N) is 2.